The molecular weight excluding hydrogens is 348 g/mol. The first-order valence-electron chi connectivity index (χ1n) is 7.95. The van der Waals surface area contributed by atoms with Gasteiger partial charge in [-0.1, -0.05) is 53.7 Å². The molecule has 3 N–H and O–H groups in total. The molecular formula is C20H27BrN2. The molecule has 2 aromatic rings. The molecule has 2 aromatic carbocycles. The second-order valence-corrected chi connectivity index (χ2v) is 8.98. The summed E-state index contributed by atoms with van der Waals surface area (Å²) in [5.74, 6) is 0. The standard InChI is InChI=1S/C20H27BrN2/c1-19(2,3)13-10-14(20(4,5)6)12-15(11-13)23-17-9-7-8-16(21)18(17)22/h7-12,23H,22H2,1-6H3. The number of halogens is 1. The first-order chi connectivity index (χ1) is 10.5. The molecule has 0 radical (unpaired) electrons. The molecule has 0 fully saturated rings. The van der Waals surface area contributed by atoms with E-state index in [9.17, 15) is 0 Å². The molecule has 2 nitrogen and oxygen atoms in total. The molecule has 0 saturated heterocycles. The fraction of sp³-hybridized carbons (Fsp3) is 0.400. The molecule has 0 aliphatic carbocycles. The number of nitrogen functional groups attached to an aromatic ring is 1. The number of hydrogen-bond acceptors (Lipinski definition) is 2. The second kappa shape index (κ2) is 6.20. The molecule has 0 atom stereocenters. The number of anilines is 3. The molecule has 0 aromatic heterocycles. The van der Waals surface area contributed by atoms with Gasteiger partial charge in [-0.2, -0.15) is 0 Å². The summed E-state index contributed by atoms with van der Waals surface area (Å²) in [6, 6.07) is 12.7. The number of rotatable bonds is 2. The van der Waals surface area contributed by atoms with Crippen molar-refractivity contribution in [3.05, 3.63) is 52.0 Å². The van der Waals surface area contributed by atoms with Crippen LogP contribution in [0.4, 0.5) is 17.1 Å². The molecule has 2 rings (SSSR count). The molecule has 124 valence electrons. The van der Waals surface area contributed by atoms with E-state index >= 15 is 0 Å². The van der Waals surface area contributed by atoms with Crippen molar-refractivity contribution in [2.75, 3.05) is 11.1 Å². The summed E-state index contributed by atoms with van der Waals surface area (Å²) >= 11 is 3.49. The van der Waals surface area contributed by atoms with E-state index in [0.29, 0.717) is 0 Å². The minimum Gasteiger partial charge on any atom is -0.396 e. The Morgan fingerprint density at radius 2 is 1.39 bits per heavy atom. The number of benzene rings is 2. The first-order valence-corrected chi connectivity index (χ1v) is 8.75. The maximum atomic E-state index is 6.17. The van der Waals surface area contributed by atoms with Crippen LogP contribution in [0.1, 0.15) is 52.7 Å². The van der Waals surface area contributed by atoms with Crippen LogP contribution in [0.25, 0.3) is 0 Å². The predicted octanol–water partition coefficient (Wildman–Crippen LogP) is 6.37. The van der Waals surface area contributed by atoms with Crippen molar-refractivity contribution in [1.82, 2.24) is 0 Å². The third-order valence-electron chi connectivity index (χ3n) is 4.00. The Hall–Kier alpha value is -1.48. The summed E-state index contributed by atoms with van der Waals surface area (Å²) in [6.45, 7) is 13.5. The van der Waals surface area contributed by atoms with Crippen LogP contribution in [0, 0.1) is 0 Å². The van der Waals surface area contributed by atoms with E-state index in [1.165, 1.54) is 11.1 Å². The van der Waals surface area contributed by atoms with Crippen LogP contribution in [0.2, 0.25) is 0 Å². The van der Waals surface area contributed by atoms with Gasteiger partial charge in [0.1, 0.15) is 0 Å². The molecule has 0 aliphatic rings. The zero-order chi connectivity index (χ0) is 17.4. The van der Waals surface area contributed by atoms with Crippen LogP contribution < -0.4 is 11.1 Å². The van der Waals surface area contributed by atoms with Gasteiger partial charge in [0.2, 0.25) is 0 Å². The SMILES string of the molecule is CC(C)(C)c1cc(Nc2cccc(Br)c2N)cc(C(C)(C)C)c1. The Morgan fingerprint density at radius 1 is 0.870 bits per heavy atom. The van der Waals surface area contributed by atoms with Crippen molar-refractivity contribution >= 4 is 33.0 Å². The van der Waals surface area contributed by atoms with Gasteiger partial charge in [0.15, 0.2) is 0 Å². The van der Waals surface area contributed by atoms with Crippen molar-refractivity contribution in [3.63, 3.8) is 0 Å². The molecule has 0 spiro atoms. The van der Waals surface area contributed by atoms with Gasteiger partial charge >= 0.3 is 0 Å². The van der Waals surface area contributed by atoms with Crippen LogP contribution in [-0.4, -0.2) is 0 Å². The van der Waals surface area contributed by atoms with Gasteiger partial charge < -0.3 is 11.1 Å². The number of hydrogen-bond donors (Lipinski definition) is 2. The topological polar surface area (TPSA) is 38.0 Å². The van der Waals surface area contributed by atoms with Crippen LogP contribution in [0.3, 0.4) is 0 Å². The fourth-order valence-corrected chi connectivity index (χ4v) is 2.73. The first kappa shape index (κ1) is 17.9. The Bertz CT molecular complexity index is 674. The summed E-state index contributed by atoms with van der Waals surface area (Å²) in [7, 11) is 0. The number of para-hydroxylation sites is 1. The molecule has 0 heterocycles. The highest BCUT2D eigenvalue weighted by Crippen LogP contribution is 2.35. The van der Waals surface area contributed by atoms with Gasteiger partial charge in [0.25, 0.3) is 0 Å². The fourth-order valence-electron chi connectivity index (χ4n) is 2.37. The summed E-state index contributed by atoms with van der Waals surface area (Å²) < 4.78 is 0.908. The Kier molecular flexibility index (Phi) is 4.81. The van der Waals surface area contributed by atoms with E-state index in [4.69, 9.17) is 5.73 Å². The molecule has 0 unspecified atom stereocenters. The average Bonchev–Trinajstić information content (AvgIpc) is 2.42. The number of nitrogens with two attached hydrogens (primary N) is 1. The minimum atomic E-state index is 0.0977. The van der Waals surface area contributed by atoms with E-state index in [1.807, 2.05) is 18.2 Å². The lowest BCUT2D eigenvalue weighted by Gasteiger charge is -2.26. The molecule has 0 bridgehead atoms. The summed E-state index contributed by atoms with van der Waals surface area (Å²) in [4.78, 5) is 0. The average molecular weight is 375 g/mol. The summed E-state index contributed by atoms with van der Waals surface area (Å²) in [5.41, 5.74) is 11.7. The van der Waals surface area contributed by atoms with E-state index in [1.54, 1.807) is 0 Å². The summed E-state index contributed by atoms with van der Waals surface area (Å²) in [5, 5.41) is 3.48. The highest BCUT2D eigenvalue weighted by molar-refractivity contribution is 9.10. The van der Waals surface area contributed by atoms with E-state index in [2.05, 4.69) is 81.0 Å². The molecule has 0 aliphatic heterocycles. The van der Waals surface area contributed by atoms with Gasteiger partial charge in [0, 0.05) is 10.2 Å². The lowest BCUT2D eigenvalue weighted by molar-refractivity contribution is 0.569. The van der Waals surface area contributed by atoms with Gasteiger partial charge in [-0.25, -0.2) is 0 Å². The van der Waals surface area contributed by atoms with Gasteiger partial charge in [-0.15, -0.1) is 0 Å². The maximum absolute atomic E-state index is 6.17. The Labute approximate surface area is 148 Å². The zero-order valence-corrected chi connectivity index (χ0v) is 16.5. The third kappa shape index (κ3) is 4.29. The zero-order valence-electron chi connectivity index (χ0n) is 14.9. The Balaban J connectivity index is 2.51. The van der Waals surface area contributed by atoms with Gasteiger partial charge in [0.05, 0.1) is 11.4 Å². The molecule has 3 heteroatoms. The van der Waals surface area contributed by atoms with Crippen molar-refractivity contribution in [2.45, 2.75) is 52.4 Å². The Morgan fingerprint density at radius 3 is 1.87 bits per heavy atom. The van der Waals surface area contributed by atoms with E-state index in [-0.39, 0.29) is 10.8 Å². The maximum Gasteiger partial charge on any atom is 0.0697 e. The lowest BCUT2D eigenvalue weighted by Crippen LogP contribution is -2.16. The molecule has 23 heavy (non-hydrogen) atoms. The van der Waals surface area contributed by atoms with Gasteiger partial charge in [-0.05, 0) is 62.2 Å². The minimum absolute atomic E-state index is 0.0977. The van der Waals surface area contributed by atoms with Crippen LogP contribution in [0.15, 0.2) is 40.9 Å². The van der Waals surface area contributed by atoms with Crippen LogP contribution >= 0.6 is 15.9 Å². The highest BCUT2D eigenvalue weighted by atomic mass is 79.9. The molecule has 0 saturated carbocycles. The summed E-state index contributed by atoms with van der Waals surface area (Å²) in [6.07, 6.45) is 0. The predicted molar refractivity (Wildman–Crippen MR) is 106 cm³/mol. The normalized spacial score (nSPS) is 12.3. The van der Waals surface area contributed by atoms with Gasteiger partial charge in [-0.3, -0.25) is 0 Å². The van der Waals surface area contributed by atoms with Crippen LogP contribution in [-0.2, 0) is 10.8 Å². The third-order valence-corrected chi connectivity index (χ3v) is 4.69. The second-order valence-electron chi connectivity index (χ2n) is 8.13. The number of nitrogens with one attached hydrogen (secondary N) is 1. The largest absolute Gasteiger partial charge is 0.396 e. The quantitative estimate of drug-likeness (QED) is 0.599. The van der Waals surface area contributed by atoms with Crippen molar-refractivity contribution < 1.29 is 0 Å². The monoisotopic (exact) mass is 374 g/mol. The smallest absolute Gasteiger partial charge is 0.0697 e. The van der Waals surface area contributed by atoms with Crippen LogP contribution in [0.5, 0.6) is 0 Å². The van der Waals surface area contributed by atoms with Crippen molar-refractivity contribution in [2.24, 2.45) is 0 Å². The molecule has 0 amide bonds. The van der Waals surface area contributed by atoms with E-state index < -0.39 is 0 Å². The lowest BCUT2D eigenvalue weighted by atomic mass is 9.80. The van der Waals surface area contributed by atoms with E-state index in [0.717, 1.165) is 21.5 Å². The van der Waals surface area contributed by atoms with Crippen molar-refractivity contribution in [3.8, 4) is 0 Å². The highest BCUT2D eigenvalue weighted by Gasteiger charge is 2.20. The van der Waals surface area contributed by atoms with Crippen molar-refractivity contribution in [1.29, 1.82) is 0 Å².